The standard InChI is InChI=1S/C12H18Br2OTe/c1-3-4-9-16(13,14)12-8-6-5-7-11(12)10-15-2/h5-8H,3-4,9-10H2,1-2H3. The molecule has 0 aliphatic heterocycles. The van der Waals surface area contributed by atoms with Crippen molar-refractivity contribution in [1.82, 2.24) is 0 Å². The first-order valence-electron chi connectivity index (χ1n) is 5.39. The van der Waals surface area contributed by atoms with Gasteiger partial charge in [0.25, 0.3) is 0 Å². The average molecular weight is 466 g/mol. The van der Waals surface area contributed by atoms with Crippen molar-refractivity contribution in [2.75, 3.05) is 7.11 Å². The fraction of sp³-hybridized carbons (Fsp3) is 0.500. The van der Waals surface area contributed by atoms with E-state index < -0.39 is 13.8 Å². The zero-order chi connectivity index (χ0) is 12.0. The topological polar surface area (TPSA) is 9.23 Å². The van der Waals surface area contributed by atoms with Crippen LogP contribution in [0, 0.1) is 0 Å². The van der Waals surface area contributed by atoms with E-state index in [1.165, 1.54) is 26.5 Å². The summed E-state index contributed by atoms with van der Waals surface area (Å²) in [5, 5.41) is 0. The molecule has 0 radical (unpaired) electrons. The molecule has 0 N–H and O–H groups in total. The molecule has 1 rings (SSSR count). The molecule has 16 heavy (non-hydrogen) atoms. The first-order chi connectivity index (χ1) is 7.61. The van der Waals surface area contributed by atoms with Crippen molar-refractivity contribution in [1.29, 1.82) is 0 Å². The summed E-state index contributed by atoms with van der Waals surface area (Å²) in [6.07, 6.45) is 2.52. The van der Waals surface area contributed by atoms with Gasteiger partial charge in [0, 0.05) is 0 Å². The summed E-state index contributed by atoms with van der Waals surface area (Å²) in [5.41, 5.74) is 1.32. The molecule has 1 nitrogen and oxygen atoms in total. The van der Waals surface area contributed by atoms with Gasteiger partial charge in [-0.3, -0.25) is 0 Å². The Hall–Kier alpha value is 0.930. The van der Waals surface area contributed by atoms with Gasteiger partial charge in [0.1, 0.15) is 0 Å². The molecule has 0 aromatic heterocycles. The third-order valence-electron chi connectivity index (χ3n) is 2.35. The summed E-state index contributed by atoms with van der Waals surface area (Å²) in [7, 11) is 1.75. The average Bonchev–Trinajstić information content (AvgIpc) is 2.27. The van der Waals surface area contributed by atoms with Crippen LogP contribution >= 0.6 is 25.5 Å². The van der Waals surface area contributed by atoms with Crippen LogP contribution in [0.5, 0.6) is 0 Å². The van der Waals surface area contributed by atoms with Crippen LogP contribution in [0.2, 0.25) is 4.47 Å². The van der Waals surface area contributed by atoms with E-state index >= 15 is 0 Å². The van der Waals surface area contributed by atoms with Gasteiger partial charge in [-0.2, -0.15) is 0 Å². The molecule has 0 saturated carbocycles. The molecule has 0 atom stereocenters. The van der Waals surface area contributed by atoms with Crippen LogP contribution in [-0.2, 0) is 11.3 Å². The van der Waals surface area contributed by atoms with Gasteiger partial charge < -0.3 is 0 Å². The molecule has 0 aliphatic carbocycles. The van der Waals surface area contributed by atoms with Crippen molar-refractivity contribution in [3.63, 3.8) is 0 Å². The molecule has 92 valence electrons. The molecule has 0 unspecified atom stereocenters. The maximum absolute atomic E-state index is 5.26. The van der Waals surface area contributed by atoms with Crippen molar-refractivity contribution in [3.8, 4) is 0 Å². The number of halogens is 2. The Labute approximate surface area is 114 Å². The number of rotatable bonds is 6. The van der Waals surface area contributed by atoms with Crippen molar-refractivity contribution >= 4 is 42.9 Å². The first kappa shape index (κ1) is 15.0. The van der Waals surface area contributed by atoms with E-state index in [4.69, 9.17) is 4.74 Å². The van der Waals surface area contributed by atoms with Crippen LogP contribution in [0.4, 0.5) is 0 Å². The van der Waals surface area contributed by atoms with Gasteiger partial charge in [-0.05, 0) is 0 Å². The minimum atomic E-state index is -2.20. The molecule has 0 bridgehead atoms. The number of unbranched alkanes of at least 4 members (excludes halogenated alkanes) is 1. The number of ether oxygens (including phenoxy) is 1. The van der Waals surface area contributed by atoms with E-state index in [1.54, 1.807) is 7.11 Å². The SMILES string of the molecule is CCCC[Te](Br)(Br)c1ccccc1COC. The number of hydrogen-bond acceptors (Lipinski definition) is 1. The van der Waals surface area contributed by atoms with Gasteiger partial charge in [0.2, 0.25) is 0 Å². The zero-order valence-corrected chi connectivity index (χ0v) is 15.2. The van der Waals surface area contributed by atoms with Crippen LogP contribution in [0.3, 0.4) is 0 Å². The van der Waals surface area contributed by atoms with Crippen LogP contribution in [0.15, 0.2) is 24.3 Å². The number of hydrogen-bond donors (Lipinski definition) is 0. The quantitative estimate of drug-likeness (QED) is 0.576. The van der Waals surface area contributed by atoms with Crippen molar-refractivity contribution in [3.05, 3.63) is 29.8 Å². The predicted octanol–water partition coefficient (Wildman–Crippen LogP) is 4.07. The second-order valence-electron chi connectivity index (χ2n) is 3.67. The normalized spacial score (nSPS) is 12.8. The first-order valence-corrected chi connectivity index (χ1v) is 18.6. The molecular formula is C12H18Br2OTe. The fourth-order valence-corrected chi connectivity index (χ4v) is 13.6. The van der Waals surface area contributed by atoms with Gasteiger partial charge in [0.15, 0.2) is 0 Å². The fourth-order valence-electron chi connectivity index (χ4n) is 1.51. The van der Waals surface area contributed by atoms with Gasteiger partial charge >= 0.3 is 115 Å². The van der Waals surface area contributed by atoms with Crippen molar-refractivity contribution in [2.45, 2.75) is 30.8 Å². The van der Waals surface area contributed by atoms with E-state index in [1.807, 2.05) is 0 Å². The molecule has 0 saturated heterocycles. The molecule has 0 fully saturated rings. The monoisotopic (exact) mass is 466 g/mol. The van der Waals surface area contributed by atoms with E-state index in [-0.39, 0.29) is 0 Å². The summed E-state index contributed by atoms with van der Waals surface area (Å²) in [6.45, 7) is 2.94. The van der Waals surface area contributed by atoms with Gasteiger partial charge in [-0.1, -0.05) is 0 Å². The third-order valence-corrected chi connectivity index (χ3v) is 16.6. The third kappa shape index (κ3) is 4.31. The summed E-state index contributed by atoms with van der Waals surface area (Å²) in [5.74, 6) is 0. The Morgan fingerprint density at radius 1 is 1.25 bits per heavy atom. The van der Waals surface area contributed by atoms with Gasteiger partial charge in [-0.25, -0.2) is 0 Å². The second kappa shape index (κ2) is 7.38. The molecule has 0 amide bonds. The van der Waals surface area contributed by atoms with E-state index in [0.29, 0.717) is 6.61 Å². The van der Waals surface area contributed by atoms with Crippen LogP contribution in [-0.4, -0.2) is 20.9 Å². The Kier molecular flexibility index (Phi) is 6.92. The number of methoxy groups -OCH3 is 1. The summed E-state index contributed by atoms with van der Waals surface area (Å²) in [6, 6.07) is 8.59. The predicted molar refractivity (Wildman–Crippen MR) is 80.1 cm³/mol. The Bertz CT molecular complexity index is 329. The molecular weight excluding hydrogens is 448 g/mol. The molecule has 0 aliphatic rings. The Morgan fingerprint density at radius 3 is 2.56 bits per heavy atom. The minimum absolute atomic E-state index is 0.702. The molecule has 0 heterocycles. The van der Waals surface area contributed by atoms with Crippen molar-refractivity contribution < 1.29 is 4.74 Å². The molecule has 1 aromatic rings. The molecule has 4 heteroatoms. The number of benzene rings is 1. The van der Waals surface area contributed by atoms with Crippen LogP contribution in [0.25, 0.3) is 0 Å². The summed E-state index contributed by atoms with van der Waals surface area (Å²) in [4.78, 5) is 0. The van der Waals surface area contributed by atoms with E-state index in [0.717, 1.165) is 0 Å². The molecule has 0 spiro atoms. The Morgan fingerprint density at radius 2 is 1.94 bits per heavy atom. The summed E-state index contributed by atoms with van der Waals surface area (Å²) >= 11 is 5.73. The van der Waals surface area contributed by atoms with Crippen LogP contribution < -0.4 is 3.61 Å². The van der Waals surface area contributed by atoms with E-state index in [2.05, 4.69) is 56.7 Å². The Balaban J connectivity index is 2.91. The van der Waals surface area contributed by atoms with Crippen LogP contribution in [0.1, 0.15) is 25.3 Å². The van der Waals surface area contributed by atoms with E-state index in [9.17, 15) is 0 Å². The van der Waals surface area contributed by atoms with Gasteiger partial charge in [0.05, 0.1) is 0 Å². The molecule has 1 aromatic carbocycles. The maximum atomic E-state index is 5.26. The van der Waals surface area contributed by atoms with Gasteiger partial charge in [-0.15, -0.1) is 0 Å². The second-order valence-corrected chi connectivity index (χ2v) is 30.0. The van der Waals surface area contributed by atoms with Crippen molar-refractivity contribution in [2.24, 2.45) is 0 Å². The summed E-state index contributed by atoms with van der Waals surface area (Å²) < 4.78 is 7.98. The zero-order valence-electron chi connectivity index (χ0n) is 9.71.